The highest BCUT2D eigenvalue weighted by atomic mass is 32.2. The fourth-order valence-corrected chi connectivity index (χ4v) is 3.56. The van der Waals surface area contributed by atoms with Crippen LogP contribution in [0, 0.1) is 0 Å². The van der Waals surface area contributed by atoms with Gasteiger partial charge in [0, 0.05) is 23.0 Å². The lowest BCUT2D eigenvalue weighted by atomic mass is 10.1. The van der Waals surface area contributed by atoms with E-state index in [9.17, 15) is 18.0 Å². The van der Waals surface area contributed by atoms with Gasteiger partial charge in [0.1, 0.15) is 0 Å². The van der Waals surface area contributed by atoms with E-state index in [1.165, 1.54) is 11.8 Å². The summed E-state index contributed by atoms with van der Waals surface area (Å²) >= 11 is 2.07. The van der Waals surface area contributed by atoms with E-state index in [-0.39, 0.29) is 16.4 Å². The Bertz CT molecular complexity index is 951. The Morgan fingerprint density at radius 1 is 1.38 bits per heavy atom. The minimum atomic E-state index is -4.56. The van der Waals surface area contributed by atoms with Crippen LogP contribution in [0.2, 0.25) is 0 Å². The van der Waals surface area contributed by atoms with E-state index < -0.39 is 17.8 Å². The second kappa shape index (κ2) is 7.00. The SMILES string of the molecule is Cn1cncc1Sc1ccc(N)c(C(=O)Nc2nc(C(F)(F)F)cs2)c1. The van der Waals surface area contributed by atoms with Crippen LogP contribution in [0.25, 0.3) is 0 Å². The first kappa shape index (κ1) is 18.3. The molecular formula is C15H12F3N5OS2. The zero-order valence-electron chi connectivity index (χ0n) is 13.2. The number of nitrogens with two attached hydrogens (primary N) is 1. The smallest absolute Gasteiger partial charge is 0.398 e. The van der Waals surface area contributed by atoms with Crippen LogP contribution in [0.5, 0.6) is 0 Å². The van der Waals surface area contributed by atoms with Crippen molar-refractivity contribution < 1.29 is 18.0 Å². The Hall–Kier alpha value is -2.53. The first-order chi connectivity index (χ1) is 12.2. The summed E-state index contributed by atoms with van der Waals surface area (Å²) in [7, 11) is 1.83. The van der Waals surface area contributed by atoms with Crippen LogP contribution in [-0.2, 0) is 13.2 Å². The molecule has 0 bridgehead atoms. The predicted molar refractivity (Wildman–Crippen MR) is 93.3 cm³/mol. The average Bonchev–Trinajstić information content (AvgIpc) is 3.18. The maximum absolute atomic E-state index is 12.6. The van der Waals surface area contributed by atoms with E-state index in [0.29, 0.717) is 11.3 Å². The lowest BCUT2D eigenvalue weighted by molar-refractivity contribution is -0.140. The fraction of sp³-hybridized carbons (Fsp3) is 0.133. The number of aryl methyl sites for hydroxylation is 1. The number of halogens is 3. The van der Waals surface area contributed by atoms with Crippen LogP contribution >= 0.6 is 23.1 Å². The van der Waals surface area contributed by atoms with E-state index in [0.717, 1.165) is 15.3 Å². The normalized spacial score (nSPS) is 11.5. The van der Waals surface area contributed by atoms with Gasteiger partial charge in [0.05, 0.1) is 23.1 Å². The molecule has 1 amide bonds. The number of benzene rings is 1. The zero-order chi connectivity index (χ0) is 18.9. The van der Waals surface area contributed by atoms with E-state index >= 15 is 0 Å². The Balaban J connectivity index is 1.79. The van der Waals surface area contributed by atoms with Crippen LogP contribution in [0.1, 0.15) is 16.1 Å². The summed E-state index contributed by atoms with van der Waals surface area (Å²) in [6, 6.07) is 4.88. The van der Waals surface area contributed by atoms with Gasteiger partial charge in [-0.1, -0.05) is 11.8 Å². The molecule has 2 aromatic heterocycles. The molecule has 0 fully saturated rings. The number of carbonyl (C=O) groups is 1. The molecule has 0 unspecified atom stereocenters. The van der Waals surface area contributed by atoms with Gasteiger partial charge in [0.2, 0.25) is 0 Å². The maximum Gasteiger partial charge on any atom is 0.434 e. The molecule has 0 atom stereocenters. The summed E-state index contributed by atoms with van der Waals surface area (Å²) < 4.78 is 39.6. The first-order valence-electron chi connectivity index (χ1n) is 7.12. The lowest BCUT2D eigenvalue weighted by Crippen LogP contribution is -2.14. The minimum absolute atomic E-state index is 0.147. The number of anilines is 2. The summed E-state index contributed by atoms with van der Waals surface area (Å²) in [5, 5.41) is 3.90. The third-order valence-electron chi connectivity index (χ3n) is 3.28. The number of hydrogen-bond donors (Lipinski definition) is 2. The Morgan fingerprint density at radius 3 is 2.77 bits per heavy atom. The number of hydrogen-bond acceptors (Lipinski definition) is 6. The van der Waals surface area contributed by atoms with Crippen LogP contribution < -0.4 is 11.1 Å². The molecule has 11 heteroatoms. The summed E-state index contributed by atoms with van der Waals surface area (Å²) in [6.07, 6.45) is -1.24. The number of rotatable bonds is 4. The number of imidazole rings is 1. The van der Waals surface area contributed by atoms with E-state index in [2.05, 4.69) is 15.3 Å². The van der Waals surface area contributed by atoms with E-state index in [1.807, 2.05) is 11.6 Å². The Morgan fingerprint density at radius 2 is 2.15 bits per heavy atom. The average molecular weight is 399 g/mol. The van der Waals surface area contributed by atoms with Crippen molar-refractivity contribution in [2.75, 3.05) is 11.1 Å². The van der Waals surface area contributed by atoms with Crippen molar-refractivity contribution in [2.45, 2.75) is 16.1 Å². The molecule has 0 aliphatic heterocycles. The van der Waals surface area contributed by atoms with Crippen LogP contribution in [0.4, 0.5) is 24.0 Å². The quantitative estimate of drug-likeness (QED) is 0.651. The van der Waals surface area contributed by atoms with Gasteiger partial charge < -0.3 is 10.3 Å². The molecule has 0 spiro atoms. The van der Waals surface area contributed by atoms with Gasteiger partial charge in [-0.3, -0.25) is 10.1 Å². The van der Waals surface area contributed by atoms with Gasteiger partial charge in [-0.2, -0.15) is 13.2 Å². The summed E-state index contributed by atoms with van der Waals surface area (Å²) in [5.74, 6) is -0.627. The molecule has 0 aliphatic rings. The number of amides is 1. The molecule has 3 aromatic rings. The van der Waals surface area contributed by atoms with Crippen molar-refractivity contribution in [1.82, 2.24) is 14.5 Å². The van der Waals surface area contributed by atoms with Crippen LogP contribution in [0.3, 0.4) is 0 Å². The van der Waals surface area contributed by atoms with Crippen molar-refractivity contribution in [3.63, 3.8) is 0 Å². The third-order valence-corrected chi connectivity index (χ3v) is 5.13. The monoisotopic (exact) mass is 399 g/mol. The van der Waals surface area contributed by atoms with Crippen molar-refractivity contribution in [2.24, 2.45) is 7.05 Å². The molecule has 6 nitrogen and oxygen atoms in total. The molecule has 0 radical (unpaired) electrons. The number of nitrogen functional groups attached to an aromatic ring is 1. The van der Waals surface area contributed by atoms with Crippen LogP contribution in [-0.4, -0.2) is 20.4 Å². The van der Waals surface area contributed by atoms with Gasteiger partial charge in [-0.15, -0.1) is 11.3 Å². The molecule has 2 heterocycles. The molecule has 0 saturated carbocycles. The van der Waals surface area contributed by atoms with Gasteiger partial charge in [0.15, 0.2) is 10.8 Å². The molecule has 136 valence electrons. The maximum atomic E-state index is 12.6. The highest BCUT2D eigenvalue weighted by Gasteiger charge is 2.34. The summed E-state index contributed by atoms with van der Waals surface area (Å²) in [4.78, 5) is 20.5. The molecule has 0 saturated heterocycles. The fourth-order valence-electron chi connectivity index (χ4n) is 1.99. The van der Waals surface area contributed by atoms with Crippen molar-refractivity contribution >= 4 is 39.8 Å². The summed E-state index contributed by atoms with van der Waals surface area (Å²) in [5.41, 5.74) is 5.15. The number of carbonyl (C=O) groups excluding carboxylic acids is 1. The topological polar surface area (TPSA) is 85.8 Å². The predicted octanol–water partition coefficient (Wildman–Crippen LogP) is 3.88. The highest BCUT2D eigenvalue weighted by Crippen LogP contribution is 2.32. The van der Waals surface area contributed by atoms with Gasteiger partial charge in [-0.25, -0.2) is 9.97 Å². The highest BCUT2D eigenvalue weighted by molar-refractivity contribution is 7.99. The molecule has 26 heavy (non-hydrogen) atoms. The molecule has 1 aromatic carbocycles. The van der Waals surface area contributed by atoms with Crippen molar-refractivity contribution in [3.8, 4) is 0 Å². The Labute approximate surface area is 154 Å². The number of nitrogens with zero attached hydrogens (tertiary/aromatic N) is 3. The number of alkyl halides is 3. The van der Waals surface area contributed by atoms with E-state index in [4.69, 9.17) is 5.73 Å². The van der Waals surface area contributed by atoms with Crippen molar-refractivity contribution in [1.29, 1.82) is 0 Å². The number of aromatic nitrogens is 3. The number of nitrogens with one attached hydrogen (secondary N) is 1. The second-order valence-electron chi connectivity index (χ2n) is 5.18. The molecule has 0 aliphatic carbocycles. The van der Waals surface area contributed by atoms with Gasteiger partial charge in [-0.05, 0) is 18.2 Å². The van der Waals surface area contributed by atoms with E-state index in [1.54, 1.807) is 30.7 Å². The Kier molecular flexibility index (Phi) is 4.92. The lowest BCUT2D eigenvalue weighted by Gasteiger charge is -2.08. The molecule has 3 rings (SSSR count). The largest absolute Gasteiger partial charge is 0.434 e. The third kappa shape index (κ3) is 3.99. The van der Waals surface area contributed by atoms with Gasteiger partial charge >= 0.3 is 6.18 Å². The van der Waals surface area contributed by atoms with Crippen molar-refractivity contribution in [3.05, 3.63) is 47.4 Å². The minimum Gasteiger partial charge on any atom is -0.398 e. The summed E-state index contributed by atoms with van der Waals surface area (Å²) in [6.45, 7) is 0. The molecule has 3 N–H and O–H groups in total. The standard InChI is InChI=1S/C15H12F3N5OS2/c1-23-7-20-5-12(23)26-8-2-3-10(19)9(4-8)13(24)22-14-21-11(6-25-14)15(16,17)18/h2-7H,19H2,1H3,(H,21,22,24). The molecular weight excluding hydrogens is 387 g/mol. The first-order valence-corrected chi connectivity index (χ1v) is 8.81. The number of thiazole rings is 1. The zero-order valence-corrected chi connectivity index (χ0v) is 14.9. The van der Waals surface area contributed by atoms with Gasteiger partial charge in [0.25, 0.3) is 5.91 Å². The second-order valence-corrected chi connectivity index (χ2v) is 7.14. The van der Waals surface area contributed by atoms with Crippen LogP contribution in [0.15, 0.2) is 46.0 Å².